The molecular weight excluding hydrogens is 336 g/mol. The van der Waals surface area contributed by atoms with Crippen LogP contribution in [-0.2, 0) is 7.05 Å². The number of carbonyl (C=O) groups excluding carboxylic acids is 1. The molecule has 3 aromatic rings. The molecule has 7 nitrogen and oxygen atoms in total. The lowest BCUT2D eigenvalue weighted by Crippen LogP contribution is -2.15. The van der Waals surface area contributed by atoms with E-state index in [2.05, 4.69) is 14.6 Å². The first-order chi connectivity index (χ1) is 11.1. The number of aromatic nitrogens is 3. The molecule has 0 N–H and O–H groups in total. The van der Waals surface area contributed by atoms with E-state index in [0.717, 1.165) is 33.2 Å². The van der Waals surface area contributed by atoms with Crippen molar-refractivity contribution >= 4 is 39.0 Å². The second-order valence-corrected chi connectivity index (χ2v) is 6.77. The topological polar surface area (TPSA) is 78.6 Å². The van der Waals surface area contributed by atoms with Gasteiger partial charge in [0.25, 0.3) is 5.91 Å². The lowest BCUT2D eigenvalue weighted by molar-refractivity contribution is 0.100. The van der Waals surface area contributed by atoms with Crippen LogP contribution in [0, 0.1) is 6.92 Å². The van der Waals surface area contributed by atoms with Crippen LogP contribution in [0.2, 0.25) is 0 Å². The molecule has 0 saturated heterocycles. The molecule has 0 fully saturated rings. The molecule has 118 valence electrons. The van der Waals surface area contributed by atoms with Gasteiger partial charge < -0.3 is 14.0 Å². The molecule has 2 aromatic heterocycles. The highest BCUT2D eigenvalue weighted by atomic mass is 32.1. The average Bonchev–Trinajstić information content (AvgIpc) is 3.10. The molecule has 0 bridgehead atoms. The number of carbonyl (C=O) groups is 1. The number of hydrogen-bond donors (Lipinski definition) is 0. The summed E-state index contributed by atoms with van der Waals surface area (Å²) in [4.78, 5) is 17.6. The third-order valence-corrected chi connectivity index (χ3v) is 5.43. The maximum atomic E-state index is 12.3. The van der Waals surface area contributed by atoms with Crippen molar-refractivity contribution in [2.45, 2.75) is 6.92 Å². The van der Waals surface area contributed by atoms with E-state index >= 15 is 0 Å². The van der Waals surface area contributed by atoms with Crippen molar-refractivity contribution in [2.24, 2.45) is 12.0 Å². The fourth-order valence-electron chi connectivity index (χ4n) is 2.34. The summed E-state index contributed by atoms with van der Waals surface area (Å²) < 4.78 is 17.8. The van der Waals surface area contributed by atoms with Crippen LogP contribution in [-0.4, -0.2) is 33.3 Å². The molecule has 0 saturated carbocycles. The Morgan fingerprint density at radius 2 is 2.04 bits per heavy atom. The number of aryl methyl sites for hydroxylation is 2. The van der Waals surface area contributed by atoms with Crippen molar-refractivity contribution < 1.29 is 14.3 Å². The zero-order valence-corrected chi connectivity index (χ0v) is 14.0. The van der Waals surface area contributed by atoms with E-state index in [1.807, 2.05) is 23.7 Å². The summed E-state index contributed by atoms with van der Waals surface area (Å²) in [5.74, 6) is 1.13. The molecule has 23 heavy (non-hydrogen) atoms. The Labute approximate surface area is 139 Å². The second-order valence-electron chi connectivity index (χ2n) is 5.01. The summed E-state index contributed by atoms with van der Waals surface area (Å²) >= 11 is 2.49. The Morgan fingerprint density at radius 1 is 1.30 bits per heavy atom. The summed E-state index contributed by atoms with van der Waals surface area (Å²) in [6, 6.07) is 3.85. The van der Waals surface area contributed by atoms with Crippen LogP contribution in [0.4, 0.5) is 0 Å². The fraction of sp³-hybridized carbons (Fsp3) is 0.286. The van der Waals surface area contributed by atoms with Crippen LogP contribution in [0.15, 0.2) is 17.1 Å². The van der Waals surface area contributed by atoms with Gasteiger partial charge in [0.2, 0.25) is 0 Å². The number of nitrogens with zero attached hydrogens (tertiary/aromatic N) is 4. The van der Waals surface area contributed by atoms with Crippen LogP contribution < -0.4 is 14.3 Å². The van der Waals surface area contributed by atoms with E-state index in [0.29, 0.717) is 28.6 Å². The van der Waals surface area contributed by atoms with Crippen molar-refractivity contribution in [1.82, 2.24) is 14.2 Å². The summed E-state index contributed by atoms with van der Waals surface area (Å²) in [6.07, 6.45) is 0. The zero-order valence-electron chi connectivity index (χ0n) is 12.4. The van der Waals surface area contributed by atoms with Crippen LogP contribution in [0.3, 0.4) is 0 Å². The quantitative estimate of drug-likeness (QED) is 0.671. The Hall–Kier alpha value is -2.26. The highest BCUT2D eigenvalue weighted by molar-refractivity contribution is 7.16. The van der Waals surface area contributed by atoms with Crippen molar-refractivity contribution in [2.75, 3.05) is 13.2 Å². The number of rotatable bonds is 1. The Morgan fingerprint density at radius 3 is 2.74 bits per heavy atom. The van der Waals surface area contributed by atoms with Gasteiger partial charge in [0, 0.05) is 19.2 Å². The molecule has 0 atom stereocenters. The fourth-order valence-corrected chi connectivity index (χ4v) is 3.90. The minimum atomic E-state index is -0.322. The first-order valence-electron chi connectivity index (χ1n) is 6.90. The van der Waals surface area contributed by atoms with Gasteiger partial charge in [-0.2, -0.15) is 4.99 Å². The molecule has 3 heterocycles. The molecule has 0 aliphatic carbocycles. The third kappa shape index (κ3) is 2.41. The van der Waals surface area contributed by atoms with Gasteiger partial charge in [0.05, 0.1) is 15.9 Å². The molecule has 4 rings (SSSR count). The Kier molecular flexibility index (Phi) is 3.38. The number of ether oxygens (including phenoxy) is 2. The van der Waals surface area contributed by atoms with Crippen molar-refractivity contribution in [3.05, 3.63) is 27.5 Å². The van der Waals surface area contributed by atoms with Gasteiger partial charge in [0.15, 0.2) is 16.3 Å². The first-order valence-corrected chi connectivity index (χ1v) is 8.49. The van der Waals surface area contributed by atoms with Gasteiger partial charge in [-0.1, -0.05) is 15.8 Å². The van der Waals surface area contributed by atoms with Gasteiger partial charge >= 0.3 is 0 Å². The molecule has 1 aromatic carbocycles. The second kappa shape index (κ2) is 5.43. The number of thiazole rings is 1. The summed E-state index contributed by atoms with van der Waals surface area (Å²) in [5, 5.41) is 3.85. The standard InChI is InChI=1S/C14H12N4O3S2/c1-7-12(23-17-16-7)13(19)15-14-18(2)8-5-9-10(6-11(8)22-14)21-4-3-20-9/h5-6H,3-4H2,1-2H3. The minimum absolute atomic E-state index is 0.322. The van der Waals surface area contributed by atoms with Gasteiger partial charge in [0.1, 0.15) is 18.1 Å². The largest absolute Gasteiger partial charge is 0.486 e. The smallest absolute Gasteiger partial charge is 0.293 e. The van der Waals surface area contributed by atoms with Crippen LogP contribution in [0.1, 0.15) is 15.4 Å². The molecule has 1 amide bonds. The Bertz CT molecular complexity index is 986. The molecule has 1 aliphatic rings. The summed E-state index contributed by atoms with van der Waals surface area (Å²) in [5.41, 5.74) is 1.55. The van der Waals surface area contributed by atoms with Gasteiger partial charge in [-0.3, -0.25) is 4.79 Å². The molecule has 1 aliphatic heterocycles. The SMILES string of the molecule is Cc1nnsc1C(=O)N=c1sc2cc3c(cc2n1C)OCCO3. The van der Waals surface area contributed by atoms with E-state index in [4.69, 9.17) is 9.47 Å². The summed E-state index contributed by atoms with van der Waals surface area (Å²) in [7, 11) is 1.87. The van der Waals surface area contributed by atoms with Crippen molar-refractivity contribution in [3.8, 4) is 11.5 Å². The van der Waals surface area contributed by atoms with Crippen molar-refractivity contribution in [3.63, 3.8) is 0 Å². The summed E-state index contributed by atoms with van der Waals surface area (Å²) in [6.45, 7) is 2.84. The third-order valence-electron chi connectivity index (χ3n) is 3.52. The molecule has 0 unspecified atom stereocenters. The number of amides is 1. The predicted molar refractivity (Wildman–Crippen MR) is 86.3 cm³/mol. The lowest BCUT2D eigenvalue weighted by atomic mass is 10.3. The maximum Gasteiger partial charge on any atom is 0.293 e. The molecular formula is C14H12N4O3S2. The van der Waals surface area contributed by atoms with Gasteiger partial charge in [-0.25, -0.2) is 0 Å². The highest BCUT2D eigenvalue weighted by Gasteiger charge is 2.17. The first kappa shape index (κ1) is 14.3. The van der Waals surface area contributed by atoms with E-state index in [9.17, 15) is 4.79 Å². The number of hydrogen-bond acceptors (Lipinski definition) is 7. The van der Waals surface area contributed by atoms with Gasteiger partial charge in [-0.15, -0.1) is 5.10 Å². The van der Waals surface area contributed by atoms with Crippen LogP contribution in [0.5, 0.6) is 11.5 Å². The van der Waals surface area contributed by atoms with Crippen LogP contribution in [0.25, 0.3) is 10.2 Å². The van der Waals surface area contributed by atoms with E-state index in [1.54, 1.807) is 6.92 Å². The number of fused-ring (bicyclic) bond motifs is 2. The molecule has 0 spiro atoms. The normalized spacial score (nSPS) is 14.4. The van der Waals surface area contributed by atoms with Crippen LogP contribution >= 0.6 is 22.9 Å². The van der Waals surface area contributed by atoms with Gasteiger partial charge in [-0.05, 0) is 18.5 Å². The average molecular weight is 348 g/mol. The monoisotopic (exact) mass is 348 g/mol. The predicted octanol–water partition coefficient (Wildman–Crippen LogP) is 1.91. The number of benzene rings is 1. The minimum Gasteiger partial charge on any atom is -0.486 e. The van der Waals surface area contributed by atoms with E-state index in [1.165, 1.54) is 11.3 Å². The lowest BCUT2D eigenvalue weighted by Gasteiger charge is -2.18. The molecule has 9 heteroatoms. The zero-order chi connectivity index (χ0) is 16.0. The Balaban J connectivity index is 1.84. The molecule has 0 radical (unpaired) electrons. The van der Waals surface area contributed by atoms with E-state index in [-0.39, 0.29) is 5.91 Å². The van der Waals surface area contributed by atoms with E-state index < -0.39 is 0 Å². The maximum absolute atomic E-state index is 12.3. The van der Waals surface area contributed by atoms with Crippen molar-refractivity contribution in [1.29, 1.82) is 0 Å². The highest BCUT2D eigenvalue weighted by Crippen LogP contribution is 2.35.